The van der Waals surface area contributed by atoms with Gasteiger partial charge in [-0.25, -0.2) is 0 Å². The summed E-state index contributed by atoms with van der Waals surface area (Å²) in [6.07, 6.45) is -0.411. The third-order valence-electron chi connectivity index (χ3n) is 1.41. The molecular formula is C7H16N2O3. The molecule has 2 unspecified atom stereocenters. The lowest BCUT2D eigenvalue weighted by Crippen LogP contribution is -2.41. The lowest BCUT2D eigenvalue weighted by molar-refractivity contribution is -0.140. The molecule has 0 amide bonds. The van der Waals surface area contributed by atoms with E-state index < -0.39 is 18.1 Å². The van der Waals surface area contributed by atoms with Gasteiger partial charge in [0.05, 0.1) is 6.10 Å². The summed E-state index contributed by atoms with van der Waals surface area (Å²) in [6.45, 7) is 2.40. The molecule has 0 heterocycles. The van der Waals surface area contributed by atoms with Crippen molar-refractivity contribution < 1.29 is 15.0 Å². The molecule has 12 heavy (non-hydrogen) atoms. The van der Waals surface area contributed by atoms with Gasteiger partial charge in [-0.1, -0.05) is 0 Å². The summed E-state index contributed by atoms with van der Waals surface area (Å²) in [5.41, 5.74) is 5.19. The van der Waals surface area contributed by atoms with Crippen molar-refractivity contribution >= 4 is 5.97 Å². The van der Waals surface area contributed by atoms with E-state index in [1.807, 2.05) is 0 Å². The van der Waals surface area contributed by atoms with E-state index in [0.717, 1.165) is 0 Å². The van der Waals surface area contributed by atoms with E-state index in [0.29, 0.717) is 13.1 Å². The van der Waals surface area contributed by atoms with Gasteiger partial charge in [-0.2, -0.15) is 0 Å². The van der Waals surface area contributed by atoms with Crippen molar-refractivity contribution in [2.45, 2.75) is 25.5 Å². The van der Waals surface area contributed by atoms with E-state index in [-0.39, 0.29) is 6.42 Å². The molecule has 0 radical (unpaired) electrons. The van der Waals surface area contributed by atoms with Crippen LogP contribution in [0.4, 0.5) is 0 Å². The SMILES string of the molecule is CC(O)CC(NCCN)C(=O)O. The van der Waals surface area contributed by atoms with Gasteiger partial charge >= 0.3 is 5.97 Å². The number of carbonyl (C=O) groups is 1. The Balaban J connectivity index is 3.78. The molecule has 0 saturated carbocycles. The lowest BCUT2D eigenvalue weighted by atomic mass is 10.1. The van der Waals surface area contributed by atoms with Crippen molar-refractivity contribution in [3.63, 3.8) is 0 Å². The number of aliphatic hydroxyl groups excluding tert-OH is 1. The largest absolute Gasteiger partial charge is 0.480 e. The van der Waals surface area contributed by atoms with Crippen LogP contribution in [0, 0.1) is 0 Å². The summed E-state index contributed by atoms with van der Waals surface area (Å²) in [7, 11) is 0. The summed E-state index contributed by atoms with van der Waals surface area (Å²) >= 11 is 0. The Morgan fingerprint density at radius 1 is 1.67 bits per heavy atom. The van der Waals surface area contributed by atoms with Gasteiger partial charge in [0.1, 0.15) is 6.04 Å². The third-order valence-corrected chi connectivity index (χ3v) is 1.41. The number of hydrogen-bond acceptors (Lipinski definition) is 4. The second kappa shape index (κ2) is 5.93. The van der Waals surface area contributed by atoms with Crippen LogP contribution in [0.2, 0.25) is 0 Å². The molecule has 5 N–H and O–H groups in total. The highest BCUT2D eigenvalue weighted by Gasteiger charge is 2.17. The standard InChI is InChI=1S/C7H16N2O3/c1-5(10)4-6(7(11)12)9-3-2-8/h5-6,9-10H,2-4,8H2,1H3,(H,11,12). The van der Waals surface area contributed by atoms with Crippen molar-refractivity contribution in [3.8, 4) is 0 Å². The Bertz CT molecular complexity index is 139. The number of carboxylic acids is 1. The fraction of sp³-hybridized carbons (Fsp3) is 0.857. The zero-order valence-corrected chi connectivity index (χ0v) is 7.16. The average molecular weight is 176 g/mol. The molecule has 0 aliphatic rings. The molecule has 0 aliphatic heterocycles. The smallest absolute Gasteiger partial charge is 0.320 e. The fourth-order valence-electron chi connectivity index (χ4n) is 0.870. The first-order valence-corrected chi connectivity index (χ1v) is 3.92. The minimum absolute atomic E-state index is 0.204. The van der Waals surface area contributed by atoms with Crippen molar-refractivity contribution in [1.29, 1.82) is 0 Å². The zero-order valence-electron chi connectivity index (χ0n) is 7.16. The van der Waals surface area contributed by atoms with E-state index in [1.54, 1.807) is 6.92 Å². The number of carboxylic acid groups (broad SMARTS) is 1. The number of nitrogens with one attached hydrogen (secondary N) is 1. The summed E-state index contributed by atoms with van der Waals surface area (Å²) in [6, 6.07) is -0.700. The Hall–Kier alpha value is -0.650. The Labute approximate surface area is 71.6 Å². The van der Waals surface area contributed by atoms with Crippen LogP contribution >= 0.6 is 0 Å². The van der Waals surface area contributed by atoms with E-state index in [1.165, 1.54) is 0 Å². The first-order chi connectivity index (χ1) is 5.57. The minimum Gasteiger partial charge on any atom is -0.480 e. The van der Waals surface area contributed by atoms with E-state index >= 15 is 0 Å². The number of rotatable bonds is 6. The predicted octanol–water partition coefficient (Wildman–Crippen LogP) is -1.24. The summed E-state index contributed by atoms with van der Waals surface area (Å²) < 4.78 is 0. The molecule has 5 nitrogen and oxygen atoms in total. The van der Waals surface area contributed by atoms with E-state index in [4.69, 9.17) is 15.9 Å². The van der Waals surface area contributed by atoms with E-state index in [2.05, 4.69) is 5.32 Å². The molecule has 0 rings (SSSR count). The van der Waals surface area contributed by atoms with Crippen LogP contribution in [0.25, 0.3) is 0 Å². The van der Waals surface area contributed by atoms with Crippen LogP contribution < -0.4 is 11.1 Å². The lowest BCUT2D eigenvalue weighted by Gasteiger charge is -2.14. The highest BCUT2D eigenvalue weighted by atomic mass is 16.4. The quantitative estimate of drug-likeness (QED) is 0.406. The maximum atomic E-state index is 10.5. The van der Waals surface area contributed by atoms with Crippen LogP contribution in [-0.4, -0.2) is 41.4 Å². The Morgan fingerprint density at radius 3 is 2.58 bits per heavy atom. The van der Waals surface area contributed by atoms with Crippen LogP contribution in [0.5, 0.6) is 0 Å². The number of aliphatic hydroxyl groups is 1. The van der Waals surface area contributed by atoms with Crippen molar-refractivity contribution in [2.24, 2.45) is 5.73 Å². The molecule has 0 saturated heterocycles. The van der Waals surface area contributed by atoms with Gasteiger partial charge in [-0.05, 0) is 13.3 Å². The summed E-state index contributed by atoms with van der Waals surface area (Å²) in [5.74, 6) is -0.954. The predicted molar refractivity (Wildman–Crippen MR) is 44.8 cm³/mol. The third kappa shape index (κ3) is 5.06. The molecule has 0 aromatic rings. The molecule has 72 valence electrons. The van der Waals surface area contributed by atoms with Crippen LogP contribution in [-0.2, 0) is 4.79 Å². The normalized spacial score (nSPS) is 15.6. The minimum atomic E-state index is -0.954. The van der Waals surface area contributed by atoms with Crippen LogP contribution in [0.15, 0.2) is 0 Å². The molecular weight excluding hydrogens is 160 g/mol. The van der Waals surface area contributed by atoms with Gasteiger partial charge in [0.25, 0.3) is 0 Å². The van der Waals surface area contributed by atoms with Gasteiger partial charge in [0, 0.05) is 13.1 Å². The fourth-order valence-corrected chi connectivity index (χ4v) is 0.870. The van der Waals surface area contributed by atoms with Crippen LogP contribution in [0.1, 0.15) is 13.3 Å². The molecule has 0 spiro atoms. The highest BCUT2D eigenvalue weighted by Crippen LogP contribution is 1.97. The number of aliphatic carboxylic acids is 1. The molecule has 0 aliphatic carbocycles. The topological polar surface area (TPSA) is 95.6 Å². The second-order valence-corrected chi connectivity index (χ2v) is 2.72. The Morgan fingerprint density at radius 2 is 2.25 bits per heavy atom. The van der Waals surface area contributed by atoms with Crippen molar-refractivity contribution in [1.82, 2.24) is 5.32 Å². The summed E-state index contributed by atoms with van der Waals surface area (Å²) in [4.78, 5) is 10.5. The maximum absolute atomic E-state index is 10.5. The van der Waals surface area contributed by atoms with Gasteiger partial charge in [0.15, 0.2) is 0 Å². The molecule has 0 aromatic carbocycles. The van der Waals surface area contributed by atoms with Gasteiger partial charge in [-0.15, -0.1) is 0 Å². The van der Waals surface area contributed by atoms with E-state index in [9.17, 15) is 4.79 Å². The van der Waals surface area contributed by atoms with Gasteiger partial charge in [-0.3, -0.25) is 4.79 Å². The first kappa shape index (κ1) is 11.4. The zero-order chi connectivity index (χ0) is 9.56. The molecule has 5 heteroatoms. The summed E-state index contributed by atoms with van der Waals surface area (Å²) in [5, 5.41) is 20.3. The van der Waals surface area contributed by atoms with Gasteiger partial charge < -0.3 is 21.3 Å². The highest BCUT2D eigenvalue weighted by molar-refractivity contribution is 5.73. The second-order valence-electron chi connectivity index (χ2n) is 2.72. The molecule has 0 aromatic heterocycles. The Kier molecular flexibility index (Phi) is 5.61. The number of hydrogen-bond donors (Lipinski definition) is 4. The average Bonchev–Trinajstić information content (AvgIpc) is 1.96. The number of nitrogens with two attached hydrogens (primary N) is 1. The first-order valence-electron chi connectivity index (χ1n) is 3.92. The maximum Gasteiger partial charge on any atom is 0.320 e. The van der Waals surface area contributed by atoms with Crippen molar-refractivity contribution in [2.75, 3.05) is 13.1 Å². The van der Waals surface area contributed by atoms with Crippen LogP contribution in [0.3, 0.4) is 0 Å². The monoisotopic (exact) mass is 176 g/mol. The van der Waals surface area contributed by atoms with Gasteiger partial charge in [0.2, 0.25) is 0 Å². The molecule has 0 bridgehead atoms. The van der Waals surface area contributed by atoms with Crippen molar-refractivity contribution in [3.05, 3.63) is 0 Å². The molecule has 0 fully saturated rings. The molecule has 2 atom stereocenters.